The number of carbonyl (C=O) groups is 2. The highest BCUT2D eigenvalue weighted by atomic mass is 79.9. The highest BCUT2D eigenvalue weighted by molar-refractivity contribution is 9.10. The van der Waals surface area contributed by atoms with Crippen molar-refractivity contribution in [3.63, 3.8) is 0 Å². The SMILES string of the molecule is COc1ccc(CC(=O)NNC(=S)NC(=O)c2cc(Br)ccc2OC(C)C)cc1. The van der Waals surface area contributed by atoms with E-state index in [1.54, 1.807) is 49.6 Å². The van der Waals surface area contributed by atoms with Crippen LogP contribution in [0.15, 0.2) is 46.9 Å². The summed E-state index contributed by atoms with van der Waals surface area (Å²) in [5.41, 5.74) is 6.11. The smallest absolute Gasteiger partial charge is 0.261 e. The van der Waals surface area contributed by atoms with Crippen LogP contribution in [0.25, 0.3) is 0 Å². The third-order valence-electron chi connectivity index (χ3n) is 3.62. The van der Waals surface area contributed by atoms with Gasteiger partial charge in [0.05, 0.1) is 25.2 Å². The number of nitrogens with one attached hydrogen (secondary N) is 3. The number of hydrogen-bond acceptors (Lipinski definition) is 5. The minimum atomic E-state index is -0.455. The summed E-state index contributed by atoms with van der Waals surface area (Å²) in [6.45, 7) is 3.74. The van der Waals surface area contributed by atoms with Gasteiger partial charge in [-0.25, -0.2) is 0 Å². The molecule has 3 N–H and O–H groups in total. The summed E-state index contributed by atoms with van der Waals surface area (Å²) >= 11 is 8.42. The Balaban J connectivity index is 1.89. The predicted molar refractivity (Wildman–Crippen MR) is 118 cm³/mol. The minimum Gasteiger partial charge on any atom is -0.497 e. The molecule has 2 aromatic rings. The first-order chi connectivity index (χ1) is 13.8. The zero-order valence-electron chi connectivity index (χ0n) is 16.2. The number of benzene rings is 2. The number of methoxy groups -OCH3 is 1. The average molecular weight is 480 g/mol. The Kier molecular flexibility index (Phi) is 8.41. The lowest BCUT2D eigenvalue weighted by Crippen LogP contribution is -2.48. The van der Waals surface area contributed by atoms with Crippen molar-refractivity contribution in [1.82, 2.24) is 16.2 Å². The van der Waals surface area contributed by atoms with E-state index in [0.717, 1.165) is 10.0 Å². The molecule has 9 heteroatoms. The molecule has 2 rings (SSSR count). The minimum absolute atomic E-state index is 0.0337. The molecule has 0 aromatic heterocycles. The molecule has 0 aliphatic heterocycles. The second-order valence-corrected chi connectivity index (χ2v) is 7.61. The van der Waals surface area contributed by atoms with Crippen molar-refractivity contribution < 1.29 is 19.1 Å². The molecule has 0 spiro atoms. The molecule has 0 fully saturated rings. The number of rotatable bonds is 6. The summed E-state index contributed by atoms with van der Waals surface area (Å²) in [5.74, 6) is 0.387. The molecule has 0 saturated heterocycles. The molecule has 0 aliphatic carbocycles. The fourth-order valence-corrected chi connectivity index (χ4v) is 2.84. The first-order valence-corrected chi connectivity index (χ1v) is 9.98. The zero-order chi connectivity index (χ0) is 21.4. The summed E-state index contributed by atoms with van der Waals surface area (Å²) in [5, 5.41) is 2.49. The van der Waals surface area contributed by atoms with Gasteiger partial charge in [0.15, 0.2) is 5.11 Å². The van der Waals surface area contributed by atoms with Gasteiger partial charge in [0.1, 0.15) is 11.5 Å². The van der Waals surface area contributed by atoms with Crippen LogP contribution in [-0.4, -0.2) is 30.1 Å². The molecular formula is C20H22BrN3O4S. The van der Waals surface area contributed by atoms with Crippen molar-refractivity contribution in [3.8, 4) is 11.5 Å². The molecule has 2 aromatic carbocycles. The van der Waals surface area contributed by atoms with Gasteiger partial charge in [-0.15, -0.1) is 0 Å². The molecular weight excluding hydrogens is 458 g/mol. The Morgan fingerprint density at radius 1 is 1.10 bits per heavy atom. The van der Waals surface area contributed by atoms with E-state index in [-0.39, 0.29) is 23.5 Å². The molecule has 0 bridgehead atoms. The second-order valence-electron chi connectivity index (χ2n) is 6.29. The number of hydrazine groups is 1. The van der Waals surface area contributed by atoms with Crippen LogP contribution in [-0.2, 0) is 11.2 Å². The Morgan fingerprint density at radius 3 is 2.41 bits per heavy atom. The first kappa shape index (κ1) is 22.6. The topological polar surface area (TPSA) is 88.7 Å². The highest BCUT2D eigenvalue weighted by Crippen LogP contribution is 2.24. The van der Waals surface area contributed by atoms with E-state index in [1.165, 1.54) is 0 Å². The number of thiocarbonyl (C=S) groups is 1. The Bertz CT molecular complexity index is 888. The van der Waals surface area contributed by atoms with E-state index >= 15 is 0 Å². The van der Waals surface area contributed by atoms with Gasteiger partial charge in [0.2, 0.25) is 5.91 Å². The molecule has 0 heterocycles. The highest BCUT2D eigenvalue weighted by Gasteiger charge is 2.16. The van der Waals surface area contributed by atoms with Crippen molar-refractivity contribution in [3.05, 3.63) is 58.1 Å². The van der Waals surface area contributed by atoms with E-state index in [0.29, 0.717) is 17.1 Å². The van der Waals surface area contributed by atoms with Gasteiger partial charge in [-0.1, -0.05) is 28.1 Å². The first-order valence-electron chi connectivity index (χ1n) is 8.77. The van der Waals surface area contributed by atoms with Crippen LogP contribution in [0.3, 0.4) is 0 Å². The Hall–Kier alpha value is -2.65. The Labute approximate surface area is 183 Å². The fraction of sp³-hybridized carbons (Fsp3) is 0.250. The van der Waals surface area contributed by atoms with Gasteiger partial charge < -0.3 is 9.47 Å². The van der Waals surface area contributed by atoms with Crippen LogP contribution in [0, 0.1) is 0 Å². The predicted octanol–water partition coefficient (Wildman–Crippen LogP) is 3.12. The summed E-state index contributed by atoms with van der Waals surface area (Å²) in [4.78, 5) is 24.6. The lowest BCUT2D eigenvalue weighted by molar-refractivity contribution is -0.121. The monoisotopic (exact) mass is 479 g/mol. The zero-order valence-corrected chi connectivity index (χ0v) is 18.6. The number of amides is 2. The number of hydrogen-bond donors (Lipinski definition) is 3. The summed E-state index contributed by atoms with van der Waals surface area (Å²) < 4.78 is 11.5. The van der Waals surface area contributed by atoms with Crippen molar-refractivity contribution in [2.45, 2.75) is 26.4 Å². The molecule has 0 atom stereocenters. The molecule has 154 valence electrons. The molecule has 0 aliphatic rings. The molecule has 2 amide bonds. The van der Waals surface area contributed by atoms with Crippen LogP contribution in [0.4, 0.5) is 0 Å². The number of halogens is 1. The van der Waals surface area contributed by atoms with Crippen LogP contribution in [0.5, 0.6) is 11.5 Å². The Morgan fingerprint density at radius 2 is 1.79 bits per heavy atom. The molecule has 29 heavy (non-hydrogen) atoms. The number of ether oxygens (including phenoxy) is 2. The maximum absolute atomic E-state index is 12.5. The lowest BCUT2D eigenvalue weighted by Gasteiger charge is -2.15. The fourth-order valence-electron chi connectivity index (χ4n) is 2.34. The molecule has 0 radical (unpaired) electrons. The standard InChI is InChI=1S/C20H22BrN3O4S/c1-12(2)28-17-9-6-14(21)11-16(17)19(26)22-20(29)24-23-18(25)10-13-4-7-15(27-3)8-5-13/h4-9,11-12H,10H2,1-3H3,(H,23,25)(H2,22,24,26,29). The van der Waals surface area contributed by atoms with Crippen LogP contribution in [0.2, 0.25) is 0 Å². The van der Waals surface area contributed by atoms with Crippen LogP contribution >= 0.6 is 28.1 Å². The van der Waals surface area contributed by atoms with E-state index in [1.807, 2.05) is 13.8 Å². The molecule has 0 unspecified atom stereocenters. The van der Waals surface area contributed by atoms with E-state index < -0.39 is 5.91 Å². The quantitative estimate of drug-likeness (QED) is 0.435. The van der Waals surface area contributed by atoms with Crippen LogP contribution in [0.1, 0.15) is 29.8 Å². The third-order valence-corrected chi connectivity index (χ3v) is 4.31. The van der Waals surface area contributed by atoms with E-state index in [2.05, 4.69) is 32.1 Å². The maximum atomic E-state index is 12.5. The largest absolute Gasteiger partial charge is 0.497 e. The average Bonchev–Trinajstić information content (AvgIpc) is 2.68. The molecule has 7 nitrogen and oxygen atoms in total. The summed E-state index contributed by atoms with van der Waals surface area (Å²) in [6.07, 6.45) is 0.0519. The van der Waals surface area contributed by atoms with Crippen molar-refractivity contribution in [2.24, 2.45) is 0 Å². The van der Waals surface area contributed by atoms with Gasteiger partial charge in [-0.3, -0.25) is 25.8 Å². The second kappa shape index (κ2) is 10.8. The molecule has 0 saturated carbocycles. The number of carbonyl (C=O) groups excluding carboxylic acids is 2. The maximum Gasteiger partial charge on any atom is 0.261 e. The van der Waals surface area contributed by atoms with Crippen molar-refractivity contribution >= 4 is 45.1 Å². The van der Waals surface area contributed by atoms with Gasteiger partial charge in [0, 0.05) is 4.47 Å². The summed E-state index contributed by atoms with van der Waals surface area (Å²) in [6, 6.07) is 12.3. The lowest BCUT2D eigenvalue weighted by atomic mass is 10.1. The third kappa shape index (κ3) is 7.35. The van der Waals surface area contributed by atoms with Gasteiger partial charge >= 0.3 is 0 Å². The van der Waals surface area contributed by atoms with Gasteiger partial charge in [-0.2, -0.15) is 0 Å². The van der Waals surface area contributed by atoms with Crippen LogP contribution < -0.4 is 25.6 Å². The summed E-state index contributed by atoms with van der Waals surface area (Å²) in [7, 11) is 1.58. The normalized spacial score (nSPS) is 10.2. The van der Waals surface area contributed by atoms with Gasteiger partial charge in [-0.05, 0) is 62.0 Å². The van der Waals surface area contributed by atoms with Gasteiger partial charge in [0.25, 0.3) is 5.91 Å². The van der Waals surface area contributed by atoms with Crippen molar-refractivity contribution in [2.75, 3.05) is 7.11 Å². The van der Waals surface area contributed by atoms with Crippen molar-refractivity contribution in [1.29, 1.82) is 0 Å². The van der Waals surface area contributed by atoms with E-state index in [4.69, 9.17) is 21.7 Å². The van der Waals surface area contributed by atoms with E-state index in [9.17, 15) is 9.59 Å².